The van der Waals surface area contributed by atoms with Crippen molar-refractivity contribution in [2.45, 2.75) is 39.2 Å². The second-order valence-electron chi connectivity index (χ2n) is 5.34. The molecule has 1 unspecified atom stereocenters. The number of nitrogens with zero attached hydrogens (tertiary/aromatic N) is 2. The van der Waals surface area contributed by atoms with Gasteiger partial charge in [0.05, 0.1) is 6.04 Å². The van der Waals surface area contributed by atoms with E-state index in [0.717, 1.165) is 31.0 Å². The molecule has 1 saturated carbocycles. The summed E-state index contributed by atoms with van der Waals surface area (Å²) in [4.78, 5) is 18.2. The van der Waals surface area contributed by atoms with Crippen LogP contribution in [0.4, 0.5) is 4.79 Å². The molecule has 1 atom stereocenters. The zero-order valence-electron chi connectivity index (χ0n) is 11.8. The minimum Gasteiger partial charge on any atom is -0.331 e. The molecule has 4 heteroatoms. The number of pyridine rings is 1. The van der Waals surface area contributed by atoms with Crippen molar-refractivity contribution in [3.8, 4) is 0 Å². The van der Waals surface area contributed by atoms with Gasteiger partial charge in [0, 0.05) is 25.5 Å². The molecule has 1 N–H and O–H groups in total. The summed E-state index contributed by atoms with van der Waals surface area (Å²) in [5.41, 5.74) is 1.09. The molecule has 0 saturated heterocycles. The monoisotopic (exact) mass is 261 g/mol. The van der Waals surface area contributed by atoms with E-state index >= 15 is 0 Å². The quantitative estimate of drug-likeness (QED) is 0.855. The number of carbonyl (C=O) groups is 1. The van der Waals surface area contributed by atoms with E-state index in [1.807, 2.05) is 24.0 Å². The van der Waals surface area contributed by atoms with Gasteiger partial charge in [0.25, 0.3) is 0 Å². The van der Waals surface area contributed by atoms with Crippen LogP contribution in [0, 0.1) is 5.92 Å². The summed E-state index contributed by atoms with van der Waals surface area (Å²) >= 11 is 0. The van der Waals surface area contributed by atoms with Gasteiger partial charge in [-0.2, -0.15) is 0 Å². The van der Waals surface area contributed by atoms with Crippen LogP contribution in [0.25, 0.3) is 0 Å². The first-order valence-electron chi connectivity index (χ1n) is 7.16. The van der Waals surface area contributed by atoms with Crippen LogP contribution < -0.4 is 5.32 Å². The normalized spacial score (nSPS) is 15.9. The molecule has 2 rings (SSSR count). The van der Waals surface area contributed by atoms with Gasteiger partial charge in [-0.05, 0) is 49.8 Å². The maximum absolute atomic E-state index is 12.3. The average molecular weight is 261 g/mol. The largest absolute Gasteiger partial charge is 0.331 e. The highest BCUT2D eigenvalue weighted by Crippen LogP contribution is 2.29. The molecule has 1 aliphatic carbocycles. The molecule has 0 aliphatic heterocycles. The molecule has 1 aliphatic rings. The molecule has 2 amide bonds. The third kappa shape index (κ3) is 4.23. The molecule has 1 aromatic heterocycles. The number of amides is 2. The highest BCUT2D eigenvalue weighted by Gasteiger charge is 2.26. The van der Waals surface area contributed by atoms with Crippen LogP contribution in [0.3, 0.4) is 0 Å². The Labute approximate surface area is 115 Å². The lowest BCUT2D eigenvalue weighted by atomic mass is 10.1. The van der Waals surface area contributed by atoms with Gasteiger partial charge in [-0.3, -0.25) is 4.98 Å². The Hall–Kier alpha value is -1.58. The Morgan fingerprint density at radius 2 is 2.16 bits per heavy atom. The summed E-state index contributed by atoms with van der Waals surface area (Å²) in [6.07, 6.45) is 7.06. The van der Waals surface area contributed by atoms with Gasteiger partial charge in [-0.1, -0.05) is 6.92 Å². The minimum absolute atomic E-state index is 0.0223. The van der Waals surface area contributed by atoms with Crippen molar-refractivity contribution in [1.82, 2.24) is 15.2 Å². The SMILES string of the molecule is CCCN(CC1CC1)C(=O)NC(C)c1ccncc1. The molecule has 0 radical (unpaired) electrons. The van der Waals surface area contributed by atoms with Crippen LogP contribution in [0.2, 0.25) is 0 Å². The molecule has 104 valence electrons. The third-order valence-corrected chi connectivity index (χ3v) is 3.50. The highest BCUT2D eigenvalue weighted by atomic mass is 16.2. The number of nitrogens with one attached hydrogen (secondary N) is 1. The number of urea groups is 1. The van der Waals surface area contributed by atoms with Gasteiger partial charge in [-0.25, -0.2) is 4.79 Å². The second kappa shape index (κ2) is 6.55. The third-order valence-electron chi connectivity index (χ3n) is 3.50. The van der Waals surface area contributed by atoms with Crippen molar-refractivity contribution in [2.75, 3.05) is 13.1 Å². The number of hydrogen-bond acceptors (Lipinski definition) is 2. The van der Waals surface area contributed by atoms with Crippen molar-refractivity contribution in [2.24, 2.45) is 5.92 Å². The zero-order chi connectivity index (χ0) is 13.7. The molecule has 4 nitrogen and oxygen atoms in total. The lowest BCUT2D eigenvalue weighted by Gasteiger charge is -2.25. The lowest BCUT2D eigenvalue weighted by molar-refractivity contribution is 0.192. The maximum Gasteiger partial charge on any atom is 0.317 e. The highest BCUT2D eigenvalue weighted by molar-refractivity contribution is 5.74. The van der Waals surface area contributed by atoms with Crippen LogP contribution in [0.15, 0.2) is 24.5 Å². The van der Waals surface area contributed by atoms with Gasteiger partial charge in [-0.15, -0.1) is 0 Å². The number of aromatic nitrogens is 1. The van der Waals surface area contributed by atoms with Gasteiger partial charge in [0.2, 0.25) is 0 Å². The Kier molecular flexibility index (Phi) is 4.77. The van der Waals surface area contributed by atoms with Gasteiger partial charge < -0.3 is 10.2 Å². The van der Waals surface area contributed by atoms with E-state index < -0.39 is 0 Å². The fraction of sp³-hybridized carbons (Fsp3) is 0.600. The van der Waals surface area contributed by atoms with Crippen LogP contribution in [-0.4, -0.2) is 29.0 Å². The molecule has 1 fully saturated rings. The van der Waals surface area contributed by atoms with Crippen molar-refractivity contribution in [3.05, 3.63) is 30.1 Å². The first-order chi connectivity index (χ1) is 9.20. The zero-order valence-corrected chi connectivity index (χ0v) is 11.8. The summed E-state index contributed by atoms with van der Waals surface area (Å²) in [5, 5.41) is 3.07. The fourth-order valence-corrected chi connectivity index (χ4v) is 2.17. The van der Waals surface area contributed by atoms with E-state index in [-0.39, 0.29) is 12.1 Å². The predicted molar refractivity (Wildman–Crippen MR) is 75.8 cm³/mol. The summed E-state index contributed by atoms with van der Waals surface area (Å²) in [5.74, 6) is 0.730. The molecule has 0 bridgehead atoms. The Bertz CT molecular complexity index is 403. The number of carbonyl (C=O) groups excluding carboxylic acids is 1. The Balaban J connectivity index is 1.90. The van der Waals surface area contributed by atoms with Gasteiger partial charge >= 0.3 is 6.03 Å². The Morgan fingerprint density at radius 1 is 1.47 bits per heavy atom. The first-order valence-corrected chi connectivity index (χ1v) is 7.16. The standard InChI is InChI=1S/C15H23N3O/c1-3-10-18(11-13-4-5-13)15(19)17-12(2)14-6-8-16-9-7-14/h6-9,12-13H,3-5,10-11H2,1-2H3,(H,17,19). The Morgan fingerprint density at radius 3 is 2.74 bits per heavy atom. The molecular weight excluding hydrogens is 238 g/mol. The van der Waals surface area contributed by atoms with E-state index in [1.54, 1.807) is 12.4 Å². The fourth-order valence-electron chi connectivity index (χ4n) is 2.17. The van der Waals surface area contributed by atoms with E-state index in [9.17, 15) is 4.79 Å². The molecule has 1 heterocycles. The minimum atomic E-state index is 0.0223. The van der Waals surface area contributed by atoms with Gasteiger partial charge in [0.15, 0.2) is 0 Å². The van der Waals surface area contributed by atoms with Crippen LogP contribution in [0.1, 0.15) is 44.7 Å². The lowest BCUT2D eigenvalue weighted by Crippen LogP contribution is -2.42. The van der Waals surface area contributed by atoms with Crippen molar-refractivity contribution in [1.29, 1.82) is 0 Å². The molecule has 0 spiro atoms. The molecule has 19 heavy (non-hydrogen) atoms. The smallest absolute Gasteiger partial charge is 0.317 e. The van der Waals surface area contributed by atoms with Crippen molar-refractivity contribution >= 4 is 6.03 Å². The molecule has 1 aromatic rings. The van der Waals surface area contributed by atoms with E-state index in [2.05, 4.69) is 17.2 Å². The molecular formula is C15H23N3O. The average Bonchev–Trinajstić information content (AvgIpc) is 3.23. The molecule has 0 aromatic carbocycles. The van der Waals surface area contributed by atoms with Crippen LogP contribution in [0.5, 0.6) is 0 Å². The van der Waals surface area contributed by atoms with Crippen molar-refractivity contribution in [3.63, 3.8) is 0 Å². The van der Waals surface area contributed by atoms with Crippen molar-refractivity contribution < 1.29 is 4.79 Å². The first kappa shape index (κ1) is 13.8. The number of rotatable bonds is 6. The van der Waals surface area contributed by atoms with Crippen LogP contribution >= 0.6 is 0 Å². The summed E-state index contributed by atoms with van der Waals surface area (Å²) in [7, 11) is 0. The summed E-state index contributed by atoms with van der Waals surface area (Å²) in [6.45, 7) is 5.86. The summed E-state index contributed by atoms with van der Waals surface area (Å²) < 4.78 is 0. The number of hydrogen-bond donors (Lipinski definition) is 1. The second-order valence-corrected chi connectivity index (χ2v) is 5.34. The predicted octanol–water partition coefficient (Wildman–Crippen LogP) is 2.97. The topological polar surface area (TPSA) is 45.2 Å². The van der Waals surface area contributed by atoms with Crippen LogP contribution in [-0.2, 0) is 0 Å². The summed E-state index contributed by atoms with van der Waals surface area (Å²) in [6, 6.07) is 3.96. The van der Waals surface area contributed by atoms with E-state index in [0.29, 0.717) is 0 Å². The van der Waals surface area contributed by atoms with E-state index in [4.69, 9.17) is 0 Å². The maximum atomic E-state index is 12.3. The van der Waals surface area contributed by atoms with Gasteiger partial charge in [0.1, 0.15) is 0 Å². The van der Waals surface area contributed by atoms with E-state index in [1.165, 1.54) is 12.8 Å².